The van der Waals surface area contributed by atoms with Gasteiger partial charge in [-0.15, -0.1) is 0 Å². The zero-order valence-electron chi connectivity index (χ0n) is 12.7. The third-order valence-corrected chi connectivity index (χ3v) is 5.24. The van der Waals surface area contributed by atoms with Crippen molar-refractivity contribution in [2.24, 2.45) is 5.73 Å². The molecule has 1 saturated heterocycles. The van der Waals surface area contributed by atoms with Crippen LogP contribution in [0.3, 0.4) is 0 Å². The number of halogens is 1. The Balaban J connectivity index is 1.77. The molecule has 0 radical (unpaired) electrons. The molecule has 6 nitrogen and oxygen atoms in total. The summed E-state index contributed by atoms with van der Waals surface area (Å²) in [5.41, 5.74) is 6.59. The lowest BCUT2D eigenvalue weighted by Crippen LogP contribution is -2.47. The summed E-state index contributed by atoms with van der Waals surface area (Å²) < 4.78 is 1.58. The normalized spacial score (nSPS) is 25.3. The summed E-state index contributed by atoms with van der Waals surface area (Å²) in [5, 5.41) is 11.7. The number of piperidine rings is 1. The second kappa shape index (κ2) is 5.27. The summed E-state index contributed by atoms with van der Waals surface area (Å²) in [5.74, 6) is 0. The van der Waals surface area contributed by atoms with Crippen LogP contribution >= 0.6 is 11.6 Å². The quantitative estimate of drug-likeness (QED) is 0.843. The molecule has 0 bridgehead atoms. The van der Waals surface area contributed by atoms with Gasteiger partial charge in [-0.1, -0.05) is 11.6 Å². The van der Waals surface area contributed by atoms with Gasteiger partial charge in [0, 0.05) is 30.4 Å². The summed E-state index contributed by atoms with van der Waals surface area (Å²) in [7, 11) is 0. The number of rotatable bonds is 2. The molecular formula is C16H19ClN4O2. The molecule has 4 heterocycles. The van der Waals surface area contributed by atoms with E-state index in [9.17, 15) is 9.90 Å². The molecule has 3 N–H and O–H groups in total. The number of pyridine rings is 2. The van der Waals surface area contributed by atoms with Crippen LogP contribution in [0.4, 0.5) is 0 Å². The van der Waals surface area contributed by atoms with Crippen molar-refractivity contribution in [3.63, 3.8) is 0 Å². The Hall–Kier alpha value is -1.47. The number of hydrogen-bond acceptors (Lipinski definition) is 5. The van der Waals surface area contributed by atoms with E-state index in [1.165, 1.54) is 6.07 Å². The predicted molar refractivity (Wildman–Crippen MR) is 88.6 cm³/mol. The van der Waals surface area contributed by atoms with Crippen LogP contribution in [-0.4, -0.2) is 45.2 Å². The smallest absolute Gasteiger partial charge is 0.251 e. The van der Waals surface area contributed by atoms with Crippen LogP contribution in [0.1, 0.15) is 18.4 Å². The molecule has 0 saturated carbocycles. The van der Waals surface area contributed by atoms with Crippen LogP contribution in [-0.2, 0) is 12.1 Å². The molecule has 2 aliphatic rings. The summed E-state index contributed by atoms with van der Waals surface area (Å²) in [6.07, 6.45) is 3.39. The molecule has 0 aromatic carbocycles. The highest BCUT2D eigenvalue weighted by Gasteiger charge is 2.42. The molecule has 1 fully saturated rings. The third-order valence-electron chi connectivity index (χ3n) is 4.96. The Labute approximate surface area is 138 Å². The van der Waals surface area contributed by atoms with E-state index in [1.807, 2.05) is 0 Å². The molecule has 2 aromatic rings. The van der Waals surface area contributed by atoms with Gasteiger partial charge in [-0.3, -0.25) is 14.7 Å². The van der Waals surface area contributed by atoms with E-state index in [2.05, 4.69) is 9.88 Å². The van der Waals surface area contributed by atoms with Gasteiger partial charge in [-0.05, 0) is 32.0 Å². The number of nitrogens with two attached hydrogens (primary N) is 1. The number of likely N-dealkylation sites (tertiary alicyclic amines) is 1. The minimum Gasteiger partial charge on any atom is -0.382 e. The summed E-state index contributed by atoms with van der Waals surface area (Å²) in [6, 6.07) is 3.40. The summed E-state index contributed by atoms with van der Waals surface area (Å²) >= 11 is 6.34. The van der Waals surface area contributed by atoms with E-state index in [0.29, 0.717) is 28.2 Å². The lowest BCUT2D eigenvalue weighted by atomic mass is 9.94. The fourth-order valence-corrected chi connectivity index (χ4v) is 4.10. The van der Waals surface area contributed by atoms with Crippen molar-refractivity contribution in [2.45, 2.75) is 31.0 Å². The molecule has 0 amide bonds. The molecule has 7 heteroatoms. The maximum absolute atomic E-state index is 12.2. The van der Waals surface area contributed by atoms with Crippen molar-refractivity contribution < 1.29 is 5.11 Å². The predicted octanol–water partition coefficient (Wildman–Crippen LogP) is 0.674. The number of aliphatic hydroxyl groups is 1. The van der Waals surface area contributed by atoms with E-state index >= 15 is 0 Å². The summed E-state index contributed by atoms with van der Waals surface area (Å²) in [6.45, 7) is 2.35. The molecule has 1 atom stereocenters. The number of hydrogen-bond donors (Lipinski definition) is 2. The van der Waals surface area contributed by atoms with Crippen molar-refractivity contribution in [3.05, 3.63) is 39.3 Å². The highest BCUT2D eigenvalue weighted by molar-refractivity contribution is 6.32. The Morgan fingerprint density at radius 2 is 2.13 bits per heavy atom. The standard InChI is InChI=1S/C16H19ClN4O2/c17-11-7-19-12-1-2-13(22)21-9-16(23,14(11)15(12)21)8-20-5-3-10(18)4-6-20/h1-2,7,10,23H,3-6,8-9,18H2/t16-/m1/s1. The Morgan fingerprint density at radius 1 is 1.39 bits per heavy atom. The van der Waals surface area contributed by atoms with E-state index in [4.69, 9.17) is 17.3 Å². The molecular weight excluding hydrogens is 316 g/mol. The van der Waals surface area contributed by atoms with Crippen molar-refractivity contribution in [3.8, 4) is 0 Å². The molecule has 122 valence electrons. The van der Waals surface area contributed by atoms with Crippen LogP contribution in [0.15, 0.2) is 23.1 Å². The van der Waals surface area contributed by atoms with E-state index in [0.717, 1.165) is 25.9 Å². The van der Waals surface area contributed by atoms with Crippen LogP contribution in [0.25, 0.3) is 11.0 Å². The van der Waals surface area contributed by atoms with Gasteiger partial charge in [0.2, 0.25) is 0 Å². The molecule has 23 heavy (non-hydrogen) atoms. The van der Waals surface area contributed by atoms with Crippen LogP contribution < -0.4 is 11.3 Å². The average molecular weight is 335 g/mol. The van der Waals surface area contributed by atoms with Gasteiger partial charge in [0.05, 0.1) is 22.6 Å². The number of aromatic nitrogens is 2. The van der Waals surface area contributed by atoms with Crippen molar-refractivity contribution in [1.82, 2.24) is 14.5 Å². The van der Waals surface area contributed by atoms with Crippen LogP contribution in [0, 0.1) is 0 Å². The van der Waals surface area contributed by atoms with Gasteiger partial charge in [0.15, 0.2) is 0 Å². The minimum atomic E-state index is -1.17. The molecule has 2 aromatic heterocycles. The van der Waals surface area contributed by atoms with Gasteiger partial charge in [-0.25, -0.2) is 0 Å². The Morgan fingerprint density at radius 3 is 2.87 bits per heavy atom. The summed E-state index contributed by atoms with van der Waals surface area (Å²) in [4.78, 5) is 18.7. The topological polar surface area (TPSA) is 84.4 Å². The molecule has 0 aliphatic carbocycles. The SMILES string of the molecule is NC1CCN(C[C@@]2(O)Cn3c(=O)ccc4ncc(Cl)c2c43)CC1. The first kappa shape index (κ1) is 15.1. The van der Waals surface area contributed by atoms with Gasteiger partial charge in [0.25, 0.3) is 5.56 Å². The van der Waals surface area contributed by atoms with Crippen molar-refractivity contribution in [1.29, 1.82) is 0 Å². The second-order valence-electron chi connectivity index (χ2n) is 6.62. The Bertz CT molecular complexity index is 829. The largest absolute Gasteiger partial charge is 0.382 e. The van der Waals surface area contributed by atoms with Gasteiger partial charge in [0.1, 0.15) is 5.60 Å². The first-order valence-corrected chi connectivity index (χ1v) is 8.24. The first-order valence-electron chi connectivity index (χ1n) is 7.87. The maximum atomic E-state index is 12.2. The van der Waals surface area contributed by atoms with Crippen molar-refractivity contribution in [2.75, 3.05) is 19.6 Å². The Kier molecular flexibility index (Phi) is 3.46. The zero-order valence-corrected chi connectivity index (χ0v) is 13.5. The van der Waals surface area contributed by atoms with Crippen LogP contribution in [0.2, 0.25) is 5.02 Å². The van der Waals surface area contributed by atoms with E-state index < -0.39 is 5.60 Å². The number of nitrogens with zero attached hydrogens (tertiary/aromatic N) is 3. The van der Waals surface area contributed by atoms with E-state index in [-0.39, 0.29) is 18.1 Å². The van der Waals surface area contributed by atoms with Gasteiger partial charge in [-0.2, -0.15) is 0 Å². The second-order valence-corrected chi connectivity index (χ2v) is 7.03. The molecule has 0 unspecified atom stereocenters. The van der Waals surface area contributed by atoms with Gasteiger partial charge < -0.3 is 15.4 Å². The van der Waals surface area contributed by atoms with Crippen LogP contribution in [0.5, 0.6) is 0 Å². The minimum absolute atomic E-state index is 0.139. The fraction of sp³-hybridized carbons (Fsp3) is 0.500. The van der Waals surface area contributed by atoms with Gasteiger partial charge >= 0.3 is 0 Å². The molecule has 0 spiro atoms. The fourth-order valence-electron chi connectivity index (χ4n) is 3.79. The zero-order chi connectivity index (χ0) is 16.2. The number of β-amino-alcohol motifs (C(OH)–C–C–N with tert-alkyl or cyclic N) is 1. The van der Waals surface area contributed by atoms with Crippen molar-refractivity contribution >= 4 is 22.6 Å². The van der Waals surface area contributed by atoms with E-state index in [1.54, 1.807) is 16.8 Å². The first-order chi connectivity index (χ1) is 11.0. The maximum Gasteiger partial charge on any atom is 0.251 e. The lowest BCUT2D eigenvalue weighted by Gasteiger charge is -2.36. The highest BCUT2D eigenvalue weighted by atomic mass is 35.5. The molecule has 2 aliphatic heterocycles. The highest BCUT2D eigenvalue weighted by Crippen LogP contribution is 2.40. The monoisotopic (exact) mass is 334 g/mol. The lowest BCUT2D eigenvalue weighted by molar-refractivity contribution is -0.0126. The third kappa shape index (κ3) is 2.37. The average Bonchev–Trinajstić information content (AvgIpc) is 2.83. The molecule has 4 rings (SSSR count).